The molecule has 28 heavy (non-hydrogen) atoms. The highest BCUT2D eigenvalue weighted by atomic mass is 16.8. The van der Waals surface area contributed by atoms with E-state index in [1.807, 2.05) is 24.3 Å². The molecule has 2 aromatic rings. The number of carbonyl (C=O) groups excluding carboxylic acids is 2. The lowest BCUT2D eigenvalue weighted by Gasteiger charge is -2.33. The maximum Gasteiger partial charge on any atom is 0.528 e. The third-order valence-corrected chi connectivity index (χ3v) is 3.99. The van der Waals surface area contributed by atoms with E-state index in [1.54, 1.807) is 32.6 Å². The second-order valence-electron chi connectivity index (χ2n) is 7.57. The molecule has 1 saturated heterocycles. The lowest BCUT2D eigenvalue weighted by atomic mass is 10.1. The summed E-state index contributed by atoms with van der Waals surface area (Å²) in [5.74, 6) is 0.928. The minimum absolute atomic E-state index is 0.000533. The standard InChI is InChI=1S/C19H24N4O5/c1-13-20-17(21-27-13)15-7-5-14(6-8-15)11-22-9-10-23(12-16(22)24)28-18(25)26-19(2,3)4/h5-8H,9-12H2,1-4H3. The monoisotopic (exact) mass is 388 g/mol. The Bertz CT molecular complexity index is 841. The predicted octanol–water partition coefficient (Wildman–Crippen LogP) is 2.56. The number of piperazine rings is 1. The van der Waals surface area contributed by atoms with Crippen LogP contribution in [-0.2, 0) is 20.9 Å². The van der Waals surface area contributed by atoms with Gasteiger partial charge < -0.3 is 19.0 Å². The van der Waals surface area contributed by atoms with Gasteiger partial charge in [-0.25, -0.2) is 4.79 Å². The molecule has 0 saturated carbocycles. The van der Waals surface area contributed by atoms with Gasteiger partial charge in [-0.3, -0.25) is 4.79 Å². The summed E-state index contributed by atoms with van der Waals surface area (Å²) in [7, 11) is 0. The Labute approximate surface area is 163 Å². The average Bonchev–Trinajstić information content (AvgIpc) is 3.03. The topological polar surface area (TPSA) is 98.0 Å². The number of benzene rings is 1. The molecule has 9 nitrogen and oxygen atoms in total. The lowest BCUT2D eigenvalue weighted by Crippen LogP contribution is -2.50. The zero-order valence-corrected chi connectivity index (χ0v) is 16.5. The van der Waals surface area contributed by atoms with Crippen LogP contribution in [0.25, 0.3) is 11.4 Å². The predicted molar refractivity (Wildman–Crippen MR) is 98.8 cm³/mol. The summed E-state index contributed by atoms with van der Waals surface area (Å²) in [4.78, 5) is 35.1. The van der Waals surface area contributed by atoms with Crippen molar-refractivity contribution < 1.29 is 23.7 Å². The fraction of sp³-hybridized carbons (Fsp3) is 0.474. The van der Waals surface area contributed by atoms with Crippen LogP contribution in [0.3, 0.4) is 0 Å². The highest BCUT2D eigenvalue weighted by molar-refractivity contribution is 5.79. The fourth-order valence-electron chi connectivity index (χ4n) is 2.70. The second-order valence-corrected chi connectivity index (χ2v) is 7.57. The van der Waals surface area contributed by atoms with E-state index in [1.165, 1.54) is 5.06 Å². The zero-order valence-electron chi connectivity index (χ0n) is 16.5. The van der Waals surface area contributed by atoms with Crippen LogP contribution in [0.15, 0.2) is 28.8 Å². The molecule has 1 amide bonds. The molecule has 9 heteroatoms. The van der Waals surface area contributed by atoms with E-state index >= 15 is 0 Å². The normalized spacial score (nSPS) is 15.6. The molecule has 1 fully saturated rings. The van der Waals surface area contributed by atoms with Crippen molar-refractivity contribution >= 4 is 12.1 Å². The van der Waals surface area contributed by atoms with E-state index < -0.39 is 11.8 Å². The first kappa shape index (κ1) is 19.8. The Balaban J connectivity index is 1.52. The molecule has 1 aliphatic heterocycles. The van der Waals surface area contributed by atoms with E-state index in [0.29, 0.717) is 31.3 Å². The Morgan fingerprint density at radius 2 is 1.93 bits per heavy atom. The molecule has 1 aromatic heterocycles. The number of hydroxylamine groups is 2. The molecule has 2 heterocycles. The van der Waals surface area contributed by atoms with Crippen LogP contribution in [0.4, 0.5) is 4.79 Å². The van der Waals surface area contributed by atoms with Crippen molar-refractivity contribution in [3.63, 3.8) is 0 Å². The summed E-state index contributed by atoms with van der Waals surface area (Å²) in [6.45, 7) is 8.35. The molecule has 0 atom stereocenters. The number of amides is 1. The number of carbonyl (C=O) groups is 2. The number of hydrogen-bond acceptors (Lipinski definition) is 8. The van der Waals surface area contributed by atoms with E-state index in [4.69, 9.17) is 14.1 Å². The van der Waals surface area contributed by atoms with Gasteiger partial charge in [0, 0.05) is 25.6 Å². The van der Waals surface area contributed by atoms with Gasteiger partial charge in [-0.15, -0.1) is 5.06 Å². The van der Waals surface area contributed by atoms with Crippen molar-refractivity contribution in [2.75, 3.05) is 19.6 Å². The van der Waals surface area contributed by atoms with Gasteiger partial charge in [0.2, 0.25) is 17.6 Å². The van der Waals surface area contributed by atoms with Crippen molar-refractivity contribution in [3.05, 3.63) is 35.7 Å². The van der Waals surface area contributed by atoms with E-state index in [0.717, 1.165) is 11.1 Å². The molecule has 0 radical (unpaired) electrons. The highest BCUT2D eigenvalue weighted by Gasteiger charge is 2.28. The molecular formula is C19H24N4O5. The number of ether oxygens (including phenoxy) is 1. The summed E-state index contributed by atoms with van der Waals surface area (Å²) in [6, 6.07) is 7.65. The highest BCUT2D eigenvalue weighted by Crippen LogP contribution is 2.18. The Hall–Kier alpha value is -2.94. The largest absolute Gasteiger partial charge is 0.528 e. The molecule has 1 aliphatic rings. The second kappa shape index (κ2) is 7.97. The average molecular weight is 388 g/mol. The van der Waals surface area contributed by atoms with Gasteiger partial charge >= 0.3 is 6.16 Å². The molecular weight excluding hydrogens is 364 g/mol. The first-order chi connectivity index (χ1) is 13.2. The van der Waals surface area contributed by atoms with Crippen LogP contribution in [0.5, 0.6) is 0 Å². The summed E-state index contributed by atoms with van der Waals surface area (Å²) < 4.78 is 10.1. The van der Waals surface area contributed by atoms with Crippen molar-refractivity contribution in [1.82, 2.24) is 20.1 Å². The molecule has 0 aliphatic carbocycles. The number of nitrogens with zero attached hydrogens (tertiary/aromatic N) is 4. The van der Waals surface area contributed by atoms with Crippen LogP contribution >= 0.6 is 0 Å². The quantitative estimate of drug-likeness (QED) is 0.737. The molecule has 0 bridgehead atoms. The Morgan fingerprint density at radius 1 is 1.21 bits per heavy atom. The molecule has 0 unspecified atom stereocenters. The van der Waals surface area contributed by atoms with Crippen LogP contribution in [0.2, 0.25) is 0 Å². The minimum Gasteiger partial charge on any atom is -0.427 e. The zero-order chi connectivity index (χ0) is 20.3. The molecule has 150 valence electrons. The maximum atomic E-state index is 12.4. The van der Waals surface area contributed by atoms with Crippen molar-refractivity contribution in [3.8, 4) is 11.4 Å². The van der Waals surface area contributed by atoms with Crippen LogP contribution in [-0.4, -0.2) is 57.4 Å². The summed E-state index contributed by atoms with van der Waals surface area (Å²) >= 11 is 0. The first-order valence-corrected chi connectivity index (χ1v) is 9.03. The molecule has 1 aromatic carbocycles. The van der Waals surface area contributed by atoms with Crippen molar-refractivity contribution in [1.29, 1.82) is 0 Å². The smallest absolute Gasteiger partial charge is 0.427 e. The minimum atomic E-state index is -0.805. The number of aromatic nitrogens is 2. The van der Waals surface area contributed by atoms with Gasteiger partial charge in [0.25, 0.3) is 0 Å². The Morgan fingerprint density at radius 3 is 2.50 bits per heavy atom. The SMILES string of the molecule is Cc1nc(-c2ccc(CN3CCN(OC(=O)OC(C)(C)C)CC3=O)cc2)no1. The molecule has 0 spiro atoms. The third kappa shape index (κ3) is 5.29. The third-order valence-electron chi connectivity index (χ3n) is 3.99. The van der Waals surface area contributed by atoms with Gasteiger partial charge in [-0.05, 0) is 26.3 Å². The van der Waals surface area contributed by atoms with Gasteiger partial charge in [-0.1, -0.05) is 29.4 Å². The van der Waals surface area contributed by atoms with E-state index in [-0.39, 0.29) is 12.5 Å². The number of aryl methyl sites for hydroxylation is 1. The molecule has 0 N–H and O–H groups in total. The van der Waals surface area contributed by atoms with Gasteiger partial charge in [0.1, 0.15) is 12.1 Å². The van der Waals surface area contributed by atoms with Gasteiger partial charge in [0.15, 0.2) is 0 Å². The number of rotatable bonds is 4. The van der Waals surface area contributed by atoms with Crippen molar-refractivity contribution in [2.45, 2.75) is 39.8 Å². The van der Waals surface area contributed by atoms with Gasteiger partial charge in [-0.2, -0.15) is 4.98 Å². The van der Waals surface area contributed by atoms with E-state index in [2.05, 4.69) is 10.1 Å². The lowest BCUT2D eigenvalue weighted by molar-refractivity contribution is -0.174. The summed E-state index contributed by atoms with van der Waals surface area (Å²) in [6.07, 6.45) is -0.805. The summed E-state index contributed by atoms with van der Waals surface area (Å²) in [5.41, 5.74) is 1.19. The van der Waals surface area contributed by atoms with Gasteiger partial charge in [0.05, 0.1) is 6.54 Å². The van der Waals surface area contributed by atoms with Crippen LogP contribution in [0.1, 0.15) is 32.2 Å². The Kier molecular flexibility index (Phi) is 5.64. The first-order valence-electron chi connectivity index (χ1n) is 9.03. The fourth-order valence-corrected chi connectivity index (χ4v) is 2.70. The molecule has 3 rings (SSSR count). The maximum absolute atomic E-state index is 12.4. The summed E-state index contributed by atoms with van der Waals surface area (Å²) in [5, 5.41) is 5.22. The number of hydrogen-bond donors (Lipinski definition) is 0. The van der Waals surface area contributed by atoms with Crippen LogP contribution in [0, 0.1) is 6.92 Å². The van der Waals surface area contributed by atoms with Crippen LogP contribution < -0.4 is 0 Å². The van der Waals surface area contributed by atoms with Crippen molar-refractivity contribution in [2.24, 2.45) is 0 Å². The van der Waals surface area contributed by atoms with E-state index in [9.17, 15) is 9.59 Å².